The summed E-state index contributed by atoms with van der Waals surface area (Å²) in [6.07, 6.45) is 6.65. The molecule has 1 aliphatic carbocycles. The molecule has 0 spiro atoms. The molecule has 6 nitrogen and oxygen atoms in total. The van der Waals surface area contributed by atoms with Gasteiger partial charge in [0.1, 0.15) is 11.4 Å². The van der Waals surface area contributed by atoms with E-state index >= 15 is 0 Å². The van der Waals surface area contributed by atoms with Gasteiger partial charge >= 0.3 is 0 Å². The van der Waals surface area contributed by atoms with E-state index in [-0.39, 0.29) is 17.0 Å². The van der Waals surface area contributed by atoms with Crippen LogP contribution in [0.3, 0.4) is 0 Å². The first kappa shape index (κ1) is 14.3. The van der Waals surface area contributed by atoms with Crippen molar-refractivity contribution in [3.05, 3.63) is 27.9 Å². The van der Waals surface area contributed by atoms with Crippen LogP contribution < -0.4 is 10.9 Å². The lowest BCUT2D eigenvalue weighted by Crippen LogP contribution is -2.32. The third-order valence-electron chi connectivity index (χ3n) is 4.12. The Balaban J connectivity index is 1.51. The van der Waals surface area contributed by atoms with Crippen LogP contribution in [-0.2, 0) is 4.74 Å². The van der Waals surface area contributed by atoms with Crippen molar-refractivity contribution in [2.24, 2.45) is 5.92 Å². The van der Waals surface area contributed by atoms with Crippen LogP contribution in [0.25, 0.3) is 0 Å². The van der Waals surface area contributed by atoms with E-state index in [0.717, 1.165) is 45.3 Å². The summed E-state index contributed by atoms with van der Waals surface area (Å²) in [5, 5.41) is 2.80. The summed E-state index contributed by atoms with van der Waals surface area (Å²) < 4.78 is 5.41. The van der Waals surface area contributed by atoms with Gasteiger partial charge in [-0.05, 0) is 38.0 Å². The molecule has 1 saturated carbocycles. The molecule has 1 amide bonds. The highest BCUT2D eigenvalue weighted by atomic mass is 16.5. The second kappa shape index (κ2) is 6.39. The van der Waals surface area contributed by atoms with E-state index in [1.807, 2.05) is 0 Å². The smallest absolute Gasteiger partial charge is 0.263 e. The predicted octanol–water partition coefficient (Wildman–Crippen LogP) is 1.19. The molecule has 1 aliphatic heterocycles. The lowest BCUT2D eigenvalue weighted by molar-refractivity contribution is 0.0514. The van der Waals surface area contributed by atoms with Gasteiger partial charge in [-0.1, -0.05) is 0 Å². The van der Waals surface area contributed by atoms with Crippen molar-refractivity contribution >= 4 is 5.91 Å². The first-order valence-electron chi connectivity index (χ1n) is 7.69. The van der Waals surface area contributed by atoms with E-state index in [4.69, 9.17) is 4.74 Å². The Kier molecular flexibility index (Phi) is 4.34. The minimum Gasteiger partial charge on any atom is -0.381 e. The summed E-state index contributed by atoms with van der Waals surface area (Å²) in [5.41, 5.74) is -0.246. The summed E-state index contributed by atoms with van der Waals surface area (Å²) in [6.45, 7) is 2.18. The number of H-pyrrole nitrogens is 1. The fourth-order valence-electron chi connectivity index (χ4n) is 2.65. The topological polar surface area (TPSA) is 84.1 Å². The van der Waals surface area contributed by atoms with Crippen LogP contribution in [0, 0.1) is 5.92 Å². The molecule has 0 radical (unpaired) electrons. The largest absolute Gasteiger partial charge is 0.381 e. The lowest BCUT2D eigenvalue weighted by atomic mass is 9.99. The molecule has 3 rings (SSSR count). The van der Waals surface area contributed by atoms with Crippen molar-refractivity contribution in [2.45, 2.75) is 38.0 Å². The lowest BCUT2D eigenvalue weighted by Gasteiger charge is -2.21. The molecule has 2 aliphatic rings. The maximum Gasteiger partial charge on any atom is 0.263 e. The maximum atomic E-state index is 12.0. The molecule has 21 heavy (non-hydrogen) atoms. The highest BCUT2D eigenvalue weighted by molar-refractivity contribution is 5.93. The summed E-state index contributed by atoms with van der Waals surface area (Å²) in [4.78, 5) is 30.8. The molecule has 0 aromatic carbocycles. The van der Waals surface area contributed by atoms with E-state index in [0.29, 0.717) is 24.2 Å². The maximum absolute atomic E-state index is 12.0. The minimum absolute atomic E-state index is 0.0966. The Hall–Kier alpha value is -1.69. The standard InChI is InChI=1S/C15H21N3O3/c19-14(16-6-5-10-2-1-7-21-9-10)12-8-17-13(11-3-4-11)18-15(12)20/h8,10-11H,1-7,9H2,(H,16,19)(H,17,18,20). The monoisotopic (exact) mass is 291 g/mol. The average Bonchev–Trinajstić information content (AvgIpc) is 3.33. The first-order chi connectivity index (χ1) is 10.2. The van der Waals surface area contributed by atoms with Crippen LogP contribution in [0.4, 0.5) is 0 Å². The molecule has 6 heteroatoms. The van der Waals surface area contributed by atoms with Gasteiger partial charge in [-0.3, -0.25) is 9.59 Å². The summed E-state index contributed by atoms with van der Waals surface area (Å²) in [7, 11) is 0. The number of hydrogen-bond donors (Lipinski definition) is 2. The van der Waals surface area contributed by atoms with Crippen LogP contribution in [0.1, 0.15) is 54.2 Å². The number of amides is 1. The molecule has 1 saturated heterocycles. The van der Waals surface area contributed by atoms with Crippen molar-refractivity contribution in [2.75, 3.05) is 19.8 Å². The van der Waals surface area contributed by atoms with Gasteiger partial charge in [0.2, 0.25) is 0 Å². The third kappa shape index (κ3) is 3.69. The van der Waals surface area contributed by atoms with Gasteiger partial charge in [0, 0.05) is 31.9 Å². The van der Waals surface area contributed by atoms with Gasteiger partial charge in [0.05, 0.1) is 0 Å². The summed E-state index contributed by atoms with van der Waals surface area (Å²) in [5.74, 6) is 1.24. The van der Waals surface area contributed by atoms with Gasteiger partial charge in [0.15, 0.2) is 0 Å². The van der Waals surface area contributed by atoms with Crippen molar-refractivity contribution in [1.82, 2.24) is 15.3 Å². The number of ether oxygens (including phenoxy) is 1. The molecule has 1 aromatic heterocycles. The normalized spacial score (nSPS) is 22.0. The number of nitrogens with zero attached hydrogens (tertiary/aromatic N) is 1. The zero-order valence-corrected chi connectivity index (χ0v) is 12.1. The van der Waals surface area contributed by atoms with Crippen molar-refractivity contribution in [3.63, 3.8) is 0 Å². The zero-order chi connectivity index (χ0) is 14.7. The number of carbonyl (C=O) groups is 1. The Labute approximate surface area is 123 Å². The van der Waals surface area contributed by atoms with E-state index in [1.165, 1.54) is 6.20 Å². The van der Waals surface area contributed by atoms with Crippen LogP contribution in [0.2, 0.25) is 0 Å². The van der Waals surface area contributed by atoms with Gasteiger partial charge in [-0.15, -0.1) is 0 Å². The molecule has 114 valence electrons. The second-order valence-corrected chi connectivity index (χ2v) is 5.91. The number of aromatic amines is 1. The van der Waals surface area contributed by atoms with Crippen LogP contribution in [0.15, 0.2) is 11.0 Å². The Morgan fingerprint density at radius 1 is 1.43 bits per heavy atom. The quantitative estimate of drug-likeness (QED) is 0.853. The number of nitrogens with one attached hydrogen (secondary N) is 2. The first-order valence-corrected chi connectivity index (χ1v) is 7.69. The molecule has 2 N–H and O–H groups in total. The predicted molar refractivity (Wildman–Crippen MR) is 77.3 cm³/mol. The average molecular weight is 291 g/mol. The number of carbonyl (C=O) groups excluding carboxylic acids is 1. The van der Waals surface area contributed by atoms with Gasteiger partial charge in [0.25, 0.3) is 11.5 Å². The van der Waals surface area contributed by atoms with Crippen molar-refractivity contribution in [3.8, 4) is 0 Å². The third-order valence-corrected chi connectivity index (χ3v) is 4.12. The van der Waals surface area contributed by atoms with E-state index < -0.39 is 0 Å². The fourth-order valence-corrected chi connectivity index (χ4v) is 2.65. The van der Waals surface area contributed by atoms with Crippen LogP contribution >= 0.6 is 0 Å². The van der Waals surface area contributed by atoms with Crippen LogP contribution in [-0.4, -0.2) is 35.6 Å². The van der Waals surface area contributed by atoms with E-state index in [9.17, 15) is 9.59 Å². The highest BCUT2D eigenvalue weighted by Gasteiger charge is 2.26. The molecule has 2 heterocycles. The SMILES string of the molecule is O=C(NCCC1CCCOC1)c1cnc(C2CC2)[nH]c1=O. The fraction of sp³-hybridized carbons (Fsp3) is 0.667. The minimum atomic E-state index is -0.345. The number of hydrogen-bond acceptors (Lipinski definition) is 4. The second-order valence-electron chi connectivity index (χ2n) is 5.91. The van der Waals surface area contributed by atoms with Gasteiger partial charge in [-0.25, -0.2) is 4.98 Å². The van der Waals surface area contributed by atoms with Crippen LogP contribution in [0.5, 0.6) is 0 Å². The van der Waals surface area contributed by atoms with E-state index in [2.05, 4.69) is 15.3 Å². The highest BCUT2D eigenvalue weighted by Crippen LogP contribution is 2.37. The number of rotatable bonds is 5. The molecule has 1 unspecified atom stereocenters. The molecular weight excluding hydrogens is 270 g/mol. The molecule has 0 bridgehead atoms. The Morgan fingerprint density at radius 2 is 2.29 bits per heavy atom. The van der Waals surface area contributed by atoms with Gasteiger partial charge < -0.3 is 15.0 Å². The summed E-state index contributed by atoms with van der Waals surface area (Å²) >= 11 is 0. The zero-order valence-electron chi connectivity index (χ0n) is 12.1. The Morgan fingerprint density at radius 3 is 2.95 bits per heavy atom. The Bertz CT molecular complexity index is 560. The molecular formula is C15H21N3O3. The summed E-state index contributed by atoms with van der Waals surface area (Å²) in [6, 6.07) is 0. The number of aromatic nitrogens is 2. The molecule has 1 atom stereocenters. The molecule has 1 aromatic rings. The van der Waals surface area contributed by atoms with Gasteiger partial charge in [-0.2, -0.15) is 0 Å². The van der Waals surface area contributed by atoms with Crippen molar-refractivity contribution < 1.29 is 9.53 Å². The van der Waals surface area contributed by atoms with Crippen molar-refractivity contribution in [1.29, 1.82) is 0 Å². The molecule has 2 fully saturated rings. The van der Waals surface area contributed by atoms with E-state index in [1.54, 1.807) is 0 Å².